The SMILES string of the molecule is CCN(CC)c1ccc(C(=O)OC(C)CNC(CC(C)C)CC(C)C)cc1. The number of hydrogen-bond donors (Lipinski definition) is 1. The maximum Gasteiger partial charge on any atom is 0.338 e. The van der Waals surface area contributed by atoms with E-state index in [2.05, 4.69) is 51.8 Å². The Hall–Kier alpha value is -1.55. The van der Waals surface area contributed by atoms with Gasteiger partial charge in [0.05, 0.1) is 5.56 Å². The van der Waals surface area contributed by atoms with E-state index < -0.39 is 0 Å². The standard InChI is InChI=1S/C23H40N2O2/c1-8-25(9-2)22-12-10-20(11-13-22)23(26)27-19(7)16-24-21(14-17(3)4)15-18(5)6/h10-13,17-19,21,24H,8-9,14-16H2,1-7H3. The number of anilines is 1. The molecule has 27 heavy (non-hydrogen) atoms. The fourth-order valence-electron chi connectivity index (χ4n) is 3.42. The topological polar surface area (TPSA) is 41.6 Å². The Balaban J connectivity index is 2.55. The van der Waals surface area contributed by atoms with Crippen LogP contribution in [0, 0.1) is 11.8 Å². The summed E-state index contributed by atoms with van der Waals surface area (Å²) in [5.41, 5.74) is 1.75. The lowest BCUT2D eigenvalue weighted by Crippen LogP contribution is -2.38. The molecule has 0 saturated carbocycles. The summed E-state index contributed by atoms with van der Waals surface area (Å²) in [6, 6.07) is 8.17. The minimum Gasteiger partial charge on any atom is -0.458 e. The molecular weight excluding hydrogens is 336 g/mol. The number of ether oxygens (including phenoxy) is 1. The molecule has 1 rings (SSSR count). The highest BCUT2D eigenvalue weighted by atomic mass is 16.5. The van der Waals surface area contributed by atoms with Crippen LogP contribution in [0.3, 0.4) is 0 Å². The van der Waals surface area contributed by atoms with Crippen LogP contribution in [0.4, 0.5) is 5.69 Å². The molecule has 0 aliphatic rings. The zero-order chi connectivity index (χ0) is 20.4. The smallest absolute Gasteiger partial charge is 0.338 e. The predicted octanol–water partition coefficient (Wildman–Crippen LogP) is 5.13. The number of rotatable bonds is 12. The monoisotopic (exact) mass is 376 g/mol. The highest BCUT2D eigenvalue weighted by molar-refractivity contribution is 5.90. The highest BCUT2D eigenvalue weighted by Gasteiger charge is 2.16. The molecule has 1 aromatic rings. The molecule has 0 heterocycles. The molecule has 0 radical (unpaired) electrons. The molecule has 0 aliphatic carbocycles. The van der Waals surface area contributed by atoms with Crippen molar-refractivity contribution < 1.29 is 9.53 Å². The normalized spacial score (nSPS) is 12.7. The molecule has 0 spiro atoms. The predicted molar refractivity (Wildman–Crippen MR) is 116 cm³/mol. The summed E-state index contributed by atoms with van der Waals surface area (Å²) in [6.07, 6.45) is 2.14. The molecule has 4 nitrogen and oxygen atoms in total. The van der Waals surface area contributed by atoms with Crippen molar-refractivity contribution >= 4 is 11.7 Å². The van der Waals surface area contributed by atoms with Crippen LogP contribution in [-0.2, 0) is 4.74 Å². The van der Waals surface area contributed by atoms with Gasteiger partial charge in [-0.25, -0.2) is 4.79 Å². The van der Waals surface area contributed by atoms with Crippen molar-refractivity contribution in [2.24, 2.45) is 11.8 Å². The van der Waals surface area contributed by atoms with E-state index in [1.165, 1.54) is 0 Å². The number of nitrogens with one attached hydrogen (secondary N) is 1. The minimum atomic E-state index is -0.250. The average Bonchev–Trinajstić information content (AvgIpc) is 2.60. The fraction of sp³-hybridized carbons (Fsp3) is 0.696. The Morgan fingerprint density at radius 1 is 0.963 bits per heavy atom. The van der Waals surface area contributed by atoms with Gasteiger partial charge in [-0.3, -0.25) is 0 Å². The van der Waals surface area contributed by atoms with Crippen LogP contribution >= 0.6 is 0 Å². The molecular formula is C23H40N2O2. The van der Waals surface area contributed by atoms with Gasteiger partial charge in [0.1, 0.15) is 6.10 Å². The molecule has 0 aromatic heterocycles. The number of esters is 1. The van der Waals surface area contributed by atoms with Gasteiger partial charge in [0.15, 0.2) is 0 Å². The van der Waals surface area contributed by atoms with Gasteiger partial charge in [-0.15, -0.1) is 0 Å². The summed E-state index contributed by atoms with van der Waals surface area (Å²) in [6.45, 7) is 17.8. The first-order chi connectivity index (χ1) is 12.8. The fourth-order valence-corrected chi connectivity index (χ4v) is 3.42. The molecule has 154 valence electrons. The van der Waals surface area contributed by atoms with E-state index in [1.54, 1.807) is 0 Å². The number of nitrogens with zero attached hydrogens (tertiary/aromatic N) is 1. The lowest BCUT2D eigenvalue weighted by atomic mass is 9.95. The maximum atomic E-state index is 12.4. The van der Waals surface area contributed by atoms with Gasteiger partial charge >= 0.3 is 5.97 Å². The summed E-state index contributed by atoms with van der Waals surface area (Å²) >= 11 is 0. The molecule has 0 amide bonds. The zero-order valence-corrected chi connectivity index (χ0v) is 18.4. The van der Waals surface area contributed by atoms with Crippen molar-refractivity contribution in [1.82, 2.24) is 5.32 Å². The lowest BCUT2D eigenvalue weighted by Gasteiger charge is -2.24. The van der Waals surface area contributed by atoms with Crippen molar-refractivity contribution in [2.45, 2.75) is 73.5 Å². The third-order valence-corrected chi connectivity index (χ3v) is 4.75. The van der Waals surface area contributed by atoms with Crippen molar-refractivity contribution in [2.75, 3.05) is 24.5 Å². The van der Waals surface area contributed by atoms with Crippen LogP contribution in [-0.4, -0.2) is 37.7 Å². The minimum absolute atomic E-state index is 0.151. The number of carbonyl (C=O) groups excluding carboxylic acids is 1. The lowest BCUT2D eigenvalue weighted by molar-refractivity contribution is 0.0333. The Kier molecular flexibility index (Phi) is 10.5. The Bertz CT molecular complexity index is 526. The summed E-state index contributed by atoms with van der Waals surface area (Å²) in [4.78, 5) is 14.7. The molecule has 4 heteroatoms. The van der Waals surface area contributed by atoms with Gasteiger partial charge in [0.2, 0.25) is 0 Å². The van der Waals surface area contributed by atoms with E-state index in [0.717, 1.165) is 31.6 Å². The van der Waals surface area contributed by atoms with Gasteiger partial charge in [-0.1, -0.05) is 27.7 Å². The van der Waals surface area contributed by atoms with Gasteiger partial charge < -0.3 is 15.0 Å². The van der Waals surface area contributed by atoms with E-state index in [1.807, 2.05) is 31.2 Å². The summed E-state index contributed by atoms with van der Waals surface area (Å²) < 4.78 is 5.63. The Labute approximate surface area is 166 Å². The third kappa shape index (κ3) is 8.79. The van der Waals surface area contributed by atoms with Gasteiger partial charge in [-0.05, 0) is 69.7 Å². The van der Waals surface area contributed by atoms with Gasteiger partial charge in [-0.2, -0.15) is 0 Å². The summed E-state index contributed by atoms with van der Waals surface area (Å²) in [7, 11) is 0. The largest absolute Gasteiger partial charge is 0.458 e. The van der Waals surface area contributed by atoms with Crippen molar-refractivity contribution in [1.29, 1.82) is 0 Å². The van der Waals surface area contributed by atoms with Crippen LogP contribution in [0.15, 0.2) is 24.3 Å². The summed E-state index contributed by atoms with van der Waals surface area (Å²) in [5.74, 6) is 1.06. The van der Waals surface area contributed by atoms with Crippen LogP contribution in [0.5, 0.6) is 0 Å². The molecule has 0 fully saturated rings. The van der Waals surface area contributed by atoms with E-state index in [-0.39, 0.29) is 12.1 Å². The summed E-state index contributed by atoms with van der Waals surface area (Å²) in [5, 5.41) is 3.59. The van der Waals surface area contributed by atoms with E-state index in [0.29, 0.717) is 30.0 Å². The maximum absolute atomic E-state index is 12.4. The first-order valence-corrected chi connectivity index (χ1v) is 10.6. The van der Waals surface area contributed by atoms with Crippen LogP contribution in [0.2, 0.25) is 0 Å². The number of benzene rings is 1. The number of carbonyl (C=O) groups is 1. The van der Waals surface area contributed by atoms with Crippen molar-refractivity contribution in [3.63, 3.8) is 0 Å². The van der Waals surface area contributed by atoms with Crippen molar-refractivity contribution in [3.8, 4) is 0 Å². The average molecular weight is 377 g/mol. The second-order valence-electron chi connectivity index (χ2n) is 8.30. The first-order valence-electron chi connectivity index (χ1n) is 10.6. The quantitative estimate of drug-likeness (QED) is 0.514. The molecule has 0 aliphatic heterocycles. The molecule has 1 N–H and O–H groups in total. The molecule has 1 atom stereocenters. The molecule has 1 aromatic carbocycles. The Morgan fingerprint density at radius 3 is 1.93 bits per heavy atom. The second kappa shape index (κ2) is 12.0. The van der Waals surface area contributed by atoms with Crippen LogP contribution in [0.1, 0.15) is 71.7 Å². The van der Waals surface area contributed by atoms with Crippen molar-refractivity contribution in [3.05, 3.63) is 29.8 Å². The van der Waals surface area contributed by atoms with Crippen LogP contribution in [0.25, 0.3) is 0 Å². The van der Waals surface area contributed by atoms with E-state index >= 15 is 0 Å². The second-order valence-corrected chi connectivity index (χ2v) is 8.30. The first kappa shape index (κ1) is 23.5. The van der Waals surface area contributed by atoms with Gasteiger partial charge in [0.25, 0.3) is 0 Å². The van der Waals surface area contributed by atoms with E-state index in [9.17, 15) is 4.79 Å². The number of hydrogen-bond acceptors (Lipinski definition) is 4. The Morgan fingerprint density at radius 2 is 1.48 bits per heavy atom. The zero-order valence-electron chi connectivity index (χ0n) is 18.4. The molecule has 0 saturated heterocycles. The molecule has 0 bridgehead atoms. The third-order valence-electron chi connectivity index (χ3n) is 4.75. The van der Waals surface area contributed by atoms with E-state index in [4.69, 9.17) is 4.74 Å². The van der Waals surface area contributed by atoms with Crippen LogP contribution < -0.4 is 10.2 Å². The van der Waals surface area contributed by atoms with Gasteiger partial charge in [0, 0.05) is 31.4 Å². The molecule has 1 unspecified atom stereocenters. The highest BCUT2D eigenvalue weighted by Crippen LogP contribution is 2.16.